The second-order valence-corrected chi connectivity index (χ2v) is 9.34. The summed E-state index contributed by atoms with van der Waals surface area (Å²) < 4.78 is 31.1. The van der Waals surface area contributed by atoms with E-state index in [1.54, 1.807) is 14.0 Å². The van der Waals surface area contributed by atoms with Crippen LogP contribution in [0.25, 0.3) is 0 Å². The summed E-state index contributed by atoms with van der Waals surface area (Å²) in [6.07, 6.45) is 0.718. The van der Waals surface area contributed by atoms with Crippen molar-refractivity contribution in [2.24, 2.45) is 4.99 Å². The molecule has 1 aromatic carbocycles. The lowest BCUT2D eigenvalue weighted by molar-refractivity contribution is -0.00832. The third-order valence-electron chi connectivity index (χ3n) is 4.97. The van der Waals surface area contributed by atoms with Crippen LogP contribution in [-0.4, -0.2) is 75.7 Å². The number of hydrogen-bond acceptors (Lipinski definition) is 4. The second kappa shape index (κ2) is 12.7. The topological polar surface area (TPSA) is 74.2 Å². The molecule has 1 aliphatic heterocycles. The van der Waals surface area contributed by atoms with Crippen molar-refractivity contribution in [3.63, 3.8) is 0 Å². The number of nitrogens with one attached hydrogen (secondary N) is 1. The van der Waals surface area contributed by atoms with Crippen LogP contribution in [0.5, 0.6) is 0 Å². The molecule has 1 atom stereocenters. The van der Waals surface area contributed by atoms with E-state index < -0.39 is 10.0 Å². The number of benzene rings is 1. The van der Waals surface area contributed by atoms with Crippen LogP contribution in [0.4, 0.5) is 0 Å². The van der Waals surface area contributed by atoms with Crippen molar-refractivity contribution in [2.45, 2.75) is 33.3 Å². The Kier molecular flexibility index (Phi) is 11.4. The van der Waals surface area contributed by atoms with Crippen LogP contribution >= 0.6 is 24.0 Å². The number of guanidine groups is 1. The number of ether oxygens (including phenoxy) is 1. The van der Waals surface area contributed by atoms with Crippen LogP contribution in [0.15, 0.2) is 29.3 Å². The van der Waals surface area contributed by atoms with Gasteiger partial charge in [0, 0.05) is 33.2 Å². The summed E-state index contributed by atoms with van der Waals surface area (Å²) in [4.78, 5) is 6.95. The summed E-state index contributed by atoms with van der Waals surface area (Å²) in [6, 6.07) is 8.32. The third-order valence-corrected chi connectivity index (χ3v) is 6.83. The van der Waals surface area contributed by atoms with Gasteiger partial charge < -0.3 is 15.0 Å². The van der Waals surface area contributed by atoms with Gasteiger partial charge in [-0.05, 0) is 38.3 Å². The maximum absolute atomic E-state index is 11.8. The number of rotatable bonds is 8. The Hall–Kier alpha value is -0.910. The summed E-state index contributed by atoms with van der Waals surface area (Å²) in [6.45, 7) is 9.87. The molecule has 1 aliphatic rings. The van der Waals surface area contributed by atoms with Gasteiger partial charge in [0.05, 0.1) is 18.9 Å². The second-order valence-electron chi connectivity index (χ2n) is 6.97. The van der Waals surface area contributed by atoms with Crippen molar-refractivity contribution >= 4 is 40.0 Å². The van der Waals surface area contributed by atoms with Crippen LogP contribution in [0.1, 0.15) is 37.5 Å². The van der Waals surface area contributed by atoms with E-state index in [2.05, 4.69) is 36.2 Å². The number of hydrogen-bond donors (Lipinski definition) is 1. The number of morpholine rings is 1. The fraction of sp³-hybridized carbons (Fsp3) is 0.650. The smallest absolute Gasteiger partial charge is 0.213 e. The number of aryl methyl sites for hydroxylation is 1. The molecular formula is C20H35IN4O3S. The van der Waals surface area contributed by atoms with Gasteiger partial charge in [-0.3, -0.25) is 4.99 Å². The zero-order chi connectivity index (χ0) is 20.6. The van der Waals surface area contributed by atoms with Gasteiger partial charge in [0.2, 0.25) is 10.0 Å². The van der Waals surface area contributed by atoms with Crippen molar-refractivity contribution in [1.29, 1.82) is 0 Å². The SMILES string of the molecule is CCNC(=NCCCN(C)S(=O)(=O)CC)N1CCOC(c2ccccc2C)C1.I. The van der Waals surface area contributed by atoms with Gasteiger partial charge in [0.15, 0.2) is 5.96 Å². The molecule has 1 aromatic rings. The minimum Gasteiger partial charge on any atom is -0.370 e. The molecule has 29 heavy (non-hydrogen) atoms. The van der Waals surface area contributed by atoms with Crippen LogP contribution < -0.4 is 5.32 Å². The van der Waals surface area contributed by atoms with Crippen LogP contribution in [0, 0.1) is 6.92 Å². The largest absolute Gasteiger partial charge is 0.370 e. The highest BCUT2D eigenvalue weighted by Crippen LogP contribution is 2.24. The number of sulfonamides is 1. The van der Waals surface area contributed by atoms with Crippen molar-refractivity contribution in [1.82, 2.24) is 14.5 Å². The predicted octanol–water partition coefficient (Wildman–Crippen LogP) is 2.62. The number of aliphatic imine (C=N–C) groups is 1. The van der Waals surface area contributed by atoms with Crippen LogP contribution in [-0.2, 0) is 14.8 Å². The number of halogens is 1. The Balaban J connectivity index is 0.00000420. The van der Waals surface area contributed by atoms with Gasteiger partial charge in [0.25, 0.3) is 0 Å². The Labute approximate surface area is 193 Å². The lowest BCUT2D eigenvalue weighted by Gasteiger charge is -2.35. The average molecular weight is 538 g/mol. The Morgan fingerprint density at radius 2 is 2.07 bits per heavy atom. The Morgan fingerprint density at radius 1 is 1.34 bits per heavy atom. The quantitative estimate of drug-likeness (QED) is 0.239. The van der Waals surface area contributed by atoms with E-state index in [0.29, 0.717) is 26.1 Å². The summed E-state index contributed by atoms with van der Waals surface area (Å²) >= 11 is 0. The minimum atomic E-state index is -3.13. The lowest BCUT2D eigenvalue weighted by Crippen LogP contribution is -2.48. The maximum Gasteiger partial charge on any atom is 0.213 e. The van der Waals surface area contributed by atoms with E-state index in [1.807, 2.05) is 12.1 Å². The van der Waals surface area contributed by atoms with Crippen molar-refractivity contribution in [3.05, 3.63) is 35.4 Å². The molecule has 7 nitrogen and oxygen atoms in total. The Bertz CT molecular complexity index is 758. The molecule has 1 fully saturated rings. The fourth-order valence-electron chi connectivity index (χ4n) is 3.24. The highest BCUT2D eigenvalue weighted by atomic mass is 127. The van der Waals surface area contributed by atoms with Gasteiger partial charge in [-0.1, -0.05) is 24.3 Å². The average Bonchev–Trinajstić information content (AvgIpc) is 2.70. The van der Waals surface area contributed by atoms with Crippen molar-refractivity contribution < 1.29 is 13.2 Å². The summed E-state index contributed by atoms with van der Waals surface area (Å²) in [5, 5.41) is 3.36. The molecule has 0 spiro atoms. The lowest BCUT2D eigenvalue weighted by atomic mass is 10.0. The first-order valence-corrected chi connectivity index (χ1v) is 11.6. The monoisotopic (exact) mass is 538 g/mol. The van der Waals surface area contributed by atoms with E-state index in [-0.39, 0.29) is 35.8 Å². The molecule has 1 N–H and O–H groups in total. The fourth-order valence-corrected chi connectivity index (χ4v) is 4.09. The highest BCUT2D eigenvalue weighted by molar-refractivity contribution is 14.0. The van der Waals surface area contributed by atoms with Crippen LogP contribution in [0.2, 0.25) is 0 Å². The van der Waals surface area contributed by atoms with Gasteiger partial charge in [-0.25, -0.2) is 12.7 Å². The standard InChI is InChI=1S/C20H34N4O3S.HI/c1-5-21-20(22-12-9-13-23(4)28(25,26)6-2)24-14-15-27-19(16-24)18-11-8-7-10-17(18)3;/h7-8,10-11,19H,5-6,9,12-16H2,1-4H3,(H,21,22);1H. The van der Waals surface area contributed by atoms with E-state index in [1.165, 1.54) is 15.4 Å². The number of nitrogens with zero attached hydrogens (tertiary/aromatic N) is 3. The molecule has 0 amide bonds. The summed E-state index contributed by atoms with van der Waals surface area (Å²) in [7, 11) is -1.50. The molecular weight excluding hydrogens is 503 g/mol. The molecule has 1 unspecified atom stereocenters. The van der Waals surface area contributed by atoms with Crippen molar-refractivity contribution in [2.75, 3.05) is 52.1 Å². The first-order valence-electron chi connectivity index (χ1n) is 10.0. The van der Waals surface area contributed by atoms with E-state index >= 15 is 0 Å². The molecule has 1 saturated heterocycles. The van der Waals surface area contributed by atoms with Gasteiger partial charge in [0.1, 0.15) is 6.10 Å². The molecule has 0 aromatic heterocycles. The molecule has 0 saturated carbocycles. The Morgan fingerprint density at radius 3 is 2.72 bits per heavy atom. The summed E-state index contributed by atoms with van der Waals surface area (Å²) in [5.41, 5.74) is 2.45. The maximum atomic E-state index is 11.8. The molecule has 1 heterocycles. The molecule has 0 bridgehead atoms. The molecule has 0 radical (unpaired) electrons. The molecule has 9 heteroatoms. The van der Waals surface area contributed by atoms with E-state index in [4.69, 9.17) is 9.73 Å². The first-order chi connectivity index (χ1) is 13.4. The predicted molar refractivity (Wildman–Crippen MR) is 130 cm³/mol. The van der Waals surface area contributed by atoms with Gasteiger partial charge >= 0.3 is 0 Å². The zero-order valence-corrected chi connectivity index (χ0v) is 21.1. The van der Waals surface area contributed by atoms with E-state index in [0.717, 1.165) is 25.6 Å². The van der Waals surface area contributed by atoms with E-state index in [9.17, 15) is 8.42 Å². The first kappa shape index (κ1) is 26.1. The molecule has 0 aliphatic carbocycles. The minimum absolute atomic E-state index is 0. The van der Waals surface area contributed by atoms with Crippen molar-refractivity contribution in [3.8, 4) is 0 Å². The third kappa shape index (κ3) is 7.69. The van der Waals surface area contributed by atoms with Crippen LogP contribution in [0.3, 0.4) is 0 Å². The zero-order valence-electron chi connectivity index (χ0n) is 17.9. The highest BCUT2D eigenvalue weighted by Gasteiger charge is 2.25. The molecule has 2 rings (SSSR count). The van der Waals surface area contributed by atoms with Gasteiger partial charge in [-0.2, -0.15) is 0 Å². The van der Waals surface area contributed by atoms with Gasteiger partial charge in [-0.15, -0.1) is 24.0 Å². The summed E-state index contributed by atoms with van der Waals surface area (Å²) in [5.74, 6) is 0.995. The normalized spacial score (nSPS) is 17.9. The molecule has 166 valence electrons.